The first kappa shape index (κ1) is 20.6. The summed E-state index contributed by atoms with van der Waals surface area (Å²) < 4.78 is 27.3. The predicted molar refractivity (Wildman–Crippen MR) is 102 cm³/mol. The summed E-state index contributed by atoms with van der Waals surface area (Å²) in [6.45, 7) is 4.48. The summed E-state index contributed by atoms with van der Waals surface area (Å²) in [5.41, 5.74) is 0. The molecular weight excluding hydrogens is 382 g/mol. The number of rotatable bonds is 4. The first-order valence-electron chi connectivity index (χ1n) is 8.65. The number of hydrogen-bond acceptors (Lipinski definition) is 5. The van der Waals surface area contributed by atoms with Crippen molar-refractivity contribution in [2.24, 2.45) is 0 Å². The molecule has 1 N–H and O–H groups in total. The maximum absolute atomic E-state index is 12.7. The molecule has 142 valence electrons. The fourth-order valence-electron chi connectivity index (χ4n) is 3.18. The number of carbonyl (C=O) groups excluding carboxylic acids is 1. The van der Waals surface area contributed by atoms with E-state index in [1.807, 2.05) is 4.90 Å². The lowest BCUT2D eigenvalue weighted by molar-refractivity contribution is -0.130. The summed E-state index contributed by atoms with van der Waals surface area (Å²) in [6, 6.07) is 3.44. The number of nitrogens with one attached hydrogen (secondary N) is 1. The van der Waals surface area contributed by atoms with E-state index in [1.165, 1.54) is 11.3 Å². The maximum atomic E-state index is 12.7. The Kier molecular flexibility index (Phi) is 7.69. The Morgan fingerprint density at radius 3 is 2.56 bits per heavy atom. The normalized spacial score (nSPS) is 19.9. The molecule has 0 aromatic carbocycles. The zero-order chi connectivity index (χ0) is 17.0. The highest BCUT2D eigenvalue weighted by Gasteiger charge is 2.27. The number of sulfonamides is 1. The minimum atomic E-state index is -3.39. The van der Waals surface area contributed by atoms with Gasteiger partial charge in [-0.1, -0.05) is 6.42 Å². The van der Waals surface area contributed by atoms with E-state index in [0.717, 1.165) is 56.7 Å². The molecule has 1 aromatic rings. The van der Waals surface area contributed by atoms with Gasteiger partial charge in [0.05, 0.1) is 6.42 Å². The first-order chi connectivity index (χ1) is 11.6. The van der Waals surface area contributed by atoms with Crippen LogP contribution in [-0.2, 0) is 21.2 Å². The standard InChI is InChI=1S/C16H25N3O3S2.ClH/c20-15(18-9-4-7-17-8-12-18)13-14-5-6-16(23-14)24(21,22)19-10-2-1-3-11-19;/h5-6,17H,1-4,7-13H2;1H. The Labute approximate surface area is 160 Å². The van der Waals surface area contributed by atoms with Crippen LogP contribution in [0.3, 0.4) is 0 Å². The highest BCUT2D eigenvalue weighted by molar-refractivity contribution is 7.91. The zero-order valence-electron chi connectivity index (χ0n) is 14.3. The van der Waals surface area contributed by atoms with Crippen LogP contribution in [0.5, 0.6) is 0 Å². The summed E-state index contributed by atoms with van der Waals surface area (Å²) in [6.07, 6.45) is 4.21. The van der Waals surface area contributed by atoms with Crippen LogP contribution in [0.4, 0.5) is 0 Å². The van der Waals surface area contributed by atoms with Gasteiger partial charge in [-0.25, -0.2) is 8.42 Å². The van der Waals surface area contributed by atoms with E-state index < -0.39 is 10.0 Å². The van der Waals surface area contributed by atoms with Crippen LogP contribution in [0.25, 0.3) is 0 Å². The Morgan fingerprint density at radius 2 is 1.80 bits per heavy atom. The van der Waals surface area contributed by atoms with Crippen LogP contribution in [0.1, 0.15) is 30.6 Å². The summed E-state index contributed by atoms with van der Waals surface area (Å²) in [7, 11) is -3.39. The molecule has 2 aliphatic rings. The van der Waals surface area contributed by atoms with E-state index >= 15 is 0 Å². The minimum absolute atomic E-state index is 0. The van der Waals surface area contributed by atoms with Gasteiger partial charge in [0.1, 0.15) is 4.21 Å². The largest absolute Gasteiger partial charge is 0.341 e. The van der Waals surface area contributed by atoms with E-state index in [0.29, 0.717) is 23.7 Å². The second-order valence-electron chi connectivity index (χ2n) is 6.35. The topological polar surface area (TPSA) is 69.7 Å². The third-order valence-corrected chi connectivity index (χ3v) is 8.02. The summed E-state index contributed by atoms with van der Waals surface area (Å²) in [5.74, 6) is 0.0856. The summed E-state index contributed by atoms with van der Waals surface area (Å²) in [5, 5.41) is 3.28. The van der Waals surface area contributed by atoms with Gasteiger partial charge in [-0.15, -0.1) is 23.7 Å². The van der Waals surface area contributed by atoms with Gasteiger partial charge in [-0.05, 0) is 37.9 Å². The molecule has 0 unspecified atom stereocenters. The fraction of sp³-hybridized carbons (Fsp3) is 0.688. The van der Waals surface area contributed by atoms with Crippen molar-refractivity contribution in [1.82, 2.24) is 14.5 Å². The van der Waals surface area contributed by atoms with Crippen LogP contribution in [0, 0.1) is 0 Å². The fourth-order valence-corrected chi connectivity index (χ4v) is 6.20. The van der Waals surface area contributed by atoms with Crippen molar-refractivity contribution in [3.05, 3.63) is 17.0 Å². The second-order valence-corrected chi connectivity index (χ2v) is 9.68. The van der Waals surface area contributed by atoms with E-state index in [4.69, 9.17) is 0 Å². The monoisotopic (exact) mass is 407 g/mol. The number of piperidine rings is 1. The average molecular weight is 408 g/mol. The lowest BCUT2D eigenvalue weighted by atomic mass is 10.2. The lowest BCUT2D eigenvalue weighted by Crippen LogP contribution is -2.35. The van der Waals surface area contributed by atoms with Crippen LogP contribution in [0.2, 0.25) is 0 Å². The van der Waals surface area contributed by atoms with E-state index in [1.54, 1.807) is 16.4 Å². The molecule has 2 aliphatic heterocycles. The lowest BCUT2D eigenvalue weighted by Gasteiger charge is -2.25. The smallest absolute Gasteiger partial charge is 0.252 e. The SMILES string of the molecule is Cl.O=C(Cc1ccc(S(=O)(=O)N2CCCCC2)s1)N1CCCNCC1. The molecule has 9 heteroatoms. The highest BCUT2D eigenvalue weighted by atomic mass is 35.5. The van der Waals surface area contributed by atoms with Crippen molar-refractivity contribution >= 4 is 39.7 Å². The highest BCUT2D eigenvalue weighted by Crippen LogP contribution is 2.27. The summed E-state index contributed by atoms with van der Waals surface area (Å²) in [4.78, 5) is 15.1. The first-order valence-corrected chi connectivity index (χ1v) is 10.9. The second kappa shape index (κ2) is 9.32. The number of amides is 1. The number of hydrogen-bond donors (Lipinski definition) is 1. The average Bonchev–Trinajstić information content (AvgIpc) is 2.89. The molecule has 1 aromatic heterocycles. The molecule has 0 spiro atoms. The number of thiophene rings is 1. The van der Waals surface area contributed by atoms with Crippen molar-refractivity contribution in [1.29, 1.82) is 0 Å². The molecule has 0 atom stereocenters. The van der Waals surface area contributed by atoms with E-state index in [-0.39, 0.29) is 18.3 Å². The molecule has 0 aliphatic carbocycles. The van der Waals surface area contributed by atoms with Crippen LogP contribution in [-0.4, -0.2) is 62.8 Å². The maximum Gasteiger partial charge on any atom is 0.252 e. The molecule has 3 heterocycles. The number of nitrogens with zero attached hydrogens (tertiary/aromatic N) is 2. The van der Waals surface area contributed by atoms with Gasteiger partial charge in [0.15, 0.2) is 0 Å². The van der Waals surface area contributed by atoms with Gasteiger partial charge in [0, 0.05) is 37.6 Å². The molecule has 2 saturated heterocycles. The minimum Gasteiger partial charge on any atom is -0.341 e. The van der Waals surface area contributed by atoms with Crippen LogP contribution < -0.4 is 5.32 Å². The van der Waals surface area contributed by atoms with Crippen molar-refractivity contribution in [2.45, 2.75) is 36.3 Å². The molecular formula is C16H26ClN3O3S2. The van der Waals surface area contributed by atoms with Gasteiger partial charge < -0.3 is 10.2 Å². The molecule has 1 amide bonds. The van der Waals surface area contributed by atoms with Gasteiger partial charge >= 0.3 is 0 Å². The molecule has 25 heavy (non-hydrogen) atoms. The molecule has 3 rings (SSSR count). The summed E-state index contributed by atoms with van der Waals surface area (Å²) >= 11 is 1.24. The number of carbonyl (C=O) groups is 1. The third kappa shape index (κ3) is 5.17. The quantitative estimate of drug-likeness (QED) is 0.824. The molecule has 2 fully saturated rings. The Morgan fingerprint density at radius 1 is 1.04 bits per heavy atom. The van der Waals surface area contributed by atoms with Crippen LogP contribution >= 0.6 is 23.7 Å². The molecule has 0 radical (unpaired) electrons. The van der Waals surface area contributed by atoms with Gasteiger partial charge in [-0.3, -0.25) is 4.79 Å². The Hall–Kier alpha value is -0.670. The van der Waals surface area contributed by atoms with Gasteiger partial charge in [0.25, 0.3) is 10.0 Å². The van der Waals surface area contributed by atoms with Crippen molar-refractivity contribution in [2.75, 3.05) is 39.3 Å². The zero-order valence-corrected chi connectivity index (χ0v) is 16.7. The predicted octanol–water partition coefficient (Wildman–Crippen LogP) is 1.71. The third-order valence-electron chi connectivity index (χ3n) is 4.56. The van der Waals surface area contributed by atoms with Crippen molar-refractivity contribution in [3.63, 3.8) is 0 Å². The van der Waals surface area contributed by atoms with Gasteiger partial charge in [0.2, 0.25) is 5.91 Å². The molecule has 0 saturated carbocycles. The van der Waals surface area contributed by atoms with Crippen molar-refractivity contribution < 1.29 is 13.2 Å². The van der Waals surface area contributed by atoms with E-state index in [9.17, 15) is 13.2 Å². The Bertz CT molecular complexity index is 664. The number of halogens is 1. The van der Waals surface area contributed by atoms with Crippen LogP contribution in [0.15, 0.2) is 16.3 Å². The van der Waals surface area contributed by atoms with E-state index in [2.05, 4.69) is 5.32 Å². The van der Waals surface area contributed by atoms with Crippen molar-refractivity contribution in [3.8, 4) is 0 Å². The molecule has 6 nitrogen and oxygen atoms in total. The Balaban J connectivity index is 0.00000225. The van der Waals surface area contributed by atoms with Gasteiger partial charge in [-0.2, -0.15) is 4.31 Å². The molecule has 0 bridgehead atoms.